The van der Waals surface area contributed by atoms with E-state index in [9.17, 15) is 5.11 Å². The van der Waals surface area contributed by atoms with Gasteiger partial charge in [0.1, 0.15) is 18.7 Å². The van der Waals surface area contributed by atoms with Crippen molar-refractivity contribution in [3.8, 4) is 11.1 Å². The summed E-state index contributed by atoms with van der Waals surface area (Å²) in [6, 6.07) is 17.5. The largest absolute Gasteiger partial charge is 0.378 e. The SMILES string of the molecule is Cc1cc2cc(-c3ccc(N4CNN=C4CC4=CCN(C(O)C5CC5)C4)cc3)ccc2[nH]1. The predicted molar refractivity (Wildman–Crippen MR) is 129 cm³/mol. The number of aryl methyl sites for hydroxylation is 1. The molecule has 1 atom stereocenters. The van der Waals surface area contributed by atoms with Crippen LogP contribution >= 0.6 is 0 Å². The first-order valence-electron chi connectivity index (χ1n) is 11.5. The molecule has 164 valence electrons. The number of nitrogens with zero attached hydrogens (tertiary/aromatic N) is 3. The van der Waals surface area contributed by atoms with E-state index in [-0.39, 0.29) is 6.23 Å². The van der Waals surface area contributed by atoms with Gasteiger partial charge in [-0.05, 0) is 67.1 Å². The number of aromatic amines is 1. The molecule has 1 aliphatic carbocycles. The highest BCUT2D eigenvalue weighted by molar-refractivity contribution is 6.00. The van der Waals surface area contributed by atoms with Gasteiger partial charge in [-0.2, -0.15) is 5.10 Å². The van der Waals surface area contributed by atoms with Crippen molar-refractivity contribution in [2.75, 3.05) is 24.7 Å². The first-order valence-corrected chi connectivity index (χ1v) is 11.5. The zero-order chi connectivity index (χ0) is 21.7. The summed E-state index contributed by atoms with van der Waals surface area (Å²) in [4.78, 5) is 7.80. The molecule has 3 aromatic rings. The number of rotatable bonds is 6. The van der Waals surface area contributed by atoms with E-state index in [1.165, 1.54) is 33.3 Å². The van der Waals surface area contributed by atoms with E-state index >= 15 is 0 Å². The van der Waals surface area contributed by atoms with Gasteiger partial charge in [-0.3, -0.25) is 10.3 Å². The van der Waals surface area contributed by atoms with E-state index in [2.05, 4.69) is 86.8 Å². The van der Waals surface area contributed by atoms with Crippen molar-refractivity contribution in [1.29, 1.82) is 0 Å². The highest BCUT2D eigenvalue weighted by atomic mass is 16.3. The number of fused-ring (bicyclic) bond motifs is 1. The standard InChI is InChI=1S/C26H29N5O/c1-17-12-22-14-21(6-9-24(22)28-17)19-4-7-23(8-5-19)31-16-27-29-25(31)13-18-10-11-30(15-18)26(32)20-2-3-20/h4-10,12,14,20,26-28,32H,2-3,11,13,15-16H2,1H3. The molecular formula is C26H29N5O. The van der Waals surface area contributed by atoms with Crippen molar-refractivity contribution >= 4 is 22.4 Å². The smallest absolute Gasteiger partial charge is 0.134 e. The molecule has 3 N–H and O–H groups in total. The molecule has 0 saturated heterocycles. The fourth-order valence-corrected chi connectivity index (χ4v) is 4.88. The van der Waals surface area contributed by atoms with Gasteiger partial charge in [0.2, 0.25) is 0 Å². The molecule has 6 heteroatoms. The number of hydrogen-bond acceptors (Lipinski definition) is 5. The van der Waals surface area contributed by atoms with E-state index in [4.69, 9.17) is 0 Å². The van der Waals surface area contributed by atoms with Crippen molar-refractivity contribution < 1.29 is 5.11 Å². The van der Waals surface area contributed by atoms with Crippen molar-refractivity contribution in [3.63, 3.8) is 0 Å². The minimum atomic E-state index is -0.287. The number of aliphatic hydroxyl groups excluding tert-OH is 1. The molecule has 2 aliphatic heterocycles. The van der Waals surface area contributed by atoms with Crippen LogP contribution in [0.3, 0.4) is 0 Å². The topological polar surface area (TPSA) is 66.9 Å². The number of aromatic nitrogens is 1. The van der Waals surface area contributed by atoms with Crippen LogP contribution in [0.2, 0.25) is 0 Å². The summed E-state index contributed by atoms with van der Waals surface area (Å²) in [6.07, 6.45) is 5.10. The van der Waals surface area contributed by atoms with Gasteiger partial charge in [0.15, 0.2) is 0 Å². The second-order valence-corrected chi connectivity index (χ2v) is 9.29. The third kappa shape index (κ3) is 3.70. The first-order chi connectivity index (χ1) is 15.6. The Hall–Kier alpha value is -3.09. The number of benzene rings is 2. The molecule has 32 heavy (non-hydrogen) atoms. The van der Waals surface area contributed by atoms with Gasteiger partial charge in [-0.15, -0.1) is 0 Å². The average molecular weight is 428 g/mol. The molecule has 1 saturated carbocycles. The van der Waals surface area contributed by atoms with Crippen LogP contribution in [0.4, 0.5) is 5.69 Å². The Balaban J connectivity index is 1.14. The van der Waals surface area contributed by atoms with Crippen molar-refractivity contribution in [3.05, 3.63) is 65.9 Å². The summed E-state index contributed by atoms with van der Waals surface area (Å²) in [5, 5.41) is 16.2. The van der Waals surface area contributed by atoms with Gasteiger partial charge in [-0.25, -0.2) is 0 Å². The Kier molecular flexibility index (Phi) is 4.77. The molecule has 2 aromatic carbocycles. The fourth-order valence-electron chi connectivity index (χ4n) is 4.88. The Bertz CT molecular complexity index is 1200. The van der Waals surface area contributed by atoms with Crippen LogP contribution in [0.5, 0.6) is 0 Å². The molecule has 0 amide bonds. The Morgan fingerprint density at radius 3 is 2.72 bits per heavy atom. The summed E-state index contributed by atoms with van der Waals surface area (Å²) in [7, 11) is 0. The molecule has 1 aromatic heterocycles. The van der Waals surface area contributed by atoms with Gasteiger partial charge in [0.25, 0.3) is 0 Å². The number of aliphatic hydroxyl groups is 1. The zero-order valence-corrected chi connectivity index (χ0v) is 18.4. The minimum Gasteiger partial charge on any atom is -0.378 e. The monoisotopic (exact) mass is 427 g/mol. The molecule has 3 heterocycles. The van der Waals surface area contributed by atoms with Crippen LogP contribution in [0.25, 0.3) is 22.0 Å². The molecule has 3 aliphatic rings. The number of nitrogens with one attached hydrogen (secondary N) is 2. The highest BCUT2D eigenvalue weighted by Gasteiger charge is 2.35. The quantitative estimate of drug-likeness (QED) is 0.516. The second kappa shape index (κ2) is 7.80. The Morgan fingerprint density at radius 1 is 1.09 bits per heavy atom. The highest BCUT2D eigenvalue weighted by Crippen LogP contribution is 2.35. The average Bonchev–Trinajstić information content (AvgIpc) is 3.19. The molecule has 1 unspecified atom stereocenters. The van der Waals surface area contributed by atoms with E-state index in [1.807, 2.05) is 0 Å². The van der Waals surface area contributed by atoms with Crippen LogP contribution in [-0.4, -0.2) is 46.8 Å². The Morgan fingerprint density at radius 2 is 1.91 bits per heavy atom. The van der Waals surface area contributed by atoms with Crippen molar-refractivity contribution in [2.24, 2.45) is 11.0 Å². The fraction of sp³-hybridized carbons (Fsp3) is 0.346. The maximum absolute atomic E-state index is 10.4. The number of anilines is 1. The molecule has 0 spiro atoms. The number of amidine groups is 1. The summed E-state index contributed by atoms with van der Waals surface area (Å²) < 4.78 is 0. The summed E-state index contributed by atoms with van der Waals surface area (Å²) in [5.74, 6) is 1.52. The van der Waals surface area contributed by atoms with Crippen molar-refractivity contribution in [2.45, 2.75) is 32.4 Å². The minimum absolute atomic E-state index is 0.287. The normalized spacial score (nSPS) is 19.9. The lowest BCUT2D eigenvalue weighted by atomic mass is 10.0. The molecule has 1 fully saturated rings. The number of H-pyrrole nitrogens is 1. The molecule has 6 nitrogen and oxygen atoms in total. The maximum atomic E-state index is 10.4. The Labute approximate surface area is 188 Å². The van der Waals surface area contributed by atoms with E-state index in [0.29, 0.717) is 12.6 Å². The molecule has 0 radical (unpaired) electrons. The third-order valence-corrected chi connectivity index (χ3v) is 6.84. The lowest BCUT2D eigenvalue weighted by Crippen LogP contribution is -2.35. The summed E-state index contributed by atoms with van der Waals surface area (Å²) in [5.41, 5.74) is 10.4. The van der Waals surface area contributed by atoms with E-state index in [1.54, 1.807) is 0 Å². The van der Waals surface area contributed by atoms with Crippen LogP contribution in [0, 0.1) is 12.8 Å². The van der Waals surface area contributed by atoms with Crippen LogP contribution in [0.15, 0.2) is 65.3 Å². The lowest BCUT2D eigenvalue weighted by Gasteiger charge is -2.23. The molecule has 0 bridgehead atoms. The molecule has 6 rings (SSSR count). The van der Waals surface area contributed by atoms with E-state index in [0.717, 1.165) is 43.9 Å². The van der Waals surface area contributed by atoms with Gasteiger partial charge >= 0.3 is 0 Å². The van der Waals surface area contributed by atoms with Crippen LogP contribution < -0.4 is 10.3 Å². The molecular weight excluding hydrogens is 398 g/mol. The van der Waals surface area contributed by atoms with Crippen LogP contribution in [0.1, 0.15) is 25.0 Å². The van der Waals surface area contributed by atoms with E-state index < -0.39 is 0 Å². The predicted octanol–water partition coefficient (Wildman–Crippen LogP) is 4.18. The van der Waals surface area contributed by atoms with Gasteiger partial charge < -0.3 is 15.0 Å². The van der Waals surface area contributed by atoms with Gasteiger partial charge in [-0.1, -0.05) is 29.8 Å². The number of hydrazone groups is 1. The van der Waals surface area contributed by atoms with Gasteiger partial charge in [0.05, 0.1) is 0 Å². The third-order valence-electron chi connectivity index (χ3n) is 6.84. The summed E-state index contributed by atoms with van der Waals surface area (Å²) in [6.45, 7) is 4.45. The van der Waals surface area contributed by atoms with Crippen molar-refractivity contribution in [1.82, 2.24) is 15.3 Å². The zero-order valence-electron chi connectivity index (χ0n) is 18.4. The summed E-state index contributed by atoms with van der Waals surface area (Å²) >= 11 is 0. The van der Waals surface area contributed by atoms with Crippen LogP contribution in [-0.2, 0) is 0 Å². The second-order valence-electron chi connectivity index (χ2n) is 9.29. The first kappa shape index (κ1) is 19.6. The van der Waals surface area contributed by atoms with Gasteiger partial charge in [0, 0.05) is 41.8 Å². The maximum Gasteiger partial charge on any atom is 0.134 e. The lowest BCUT2D eigenvalue weighted by molar-refractivity contribution is 0.00541. The number of hydrogen-bond donors (Lipinski definition) is 3.